The van der Waals surface area contributed by atoms with E-state index in [1.54, 1.807) is 6.92 Å². The van der Waals surface area contributed by atoms with E-state index < -0.39 is 60.2 Å². The molecule has 5 unspecified atom stereocenters. The van der Waals surface area contributed by atoms with Gasteiger partial charge in [-0.3, -0.25) is 19.2 Å². The number of aliphatic carboxylic acids is 1. The summed E-state index contributed by atoms with van der Waals surface area (Å²) in [7, 11) is 0. The lowest BCUT2D eigenvalue weighted by Gasteiger charge is -2.26. The Labute approximate surface area is 216 Å². The van der Waals surface area contributed by atoms with E-state index in [0.717, 1.165) is 0 Å². The van der Waals surface area contributed by atoms with Gasteiger partial charge in [-0.25, -0.2) is 4.79 Å². The molecule has 5 atom stereocenters. The van der Waals surface area contributed by atoms with Crippen LogP contribution in [0.5, 0.6) is 5.75 Å². The fraction of sp³-hybridized carbons (Fsp3) is 0.560. The van der Waals surface area contributed by atoms with Crippen LogP contribution in [-0.4, -0.2) is 64.0 Å². The van der Waals surface area contributed by atoms with E-state index in [2.05, 4.69) is 16.0 Å². The number of primary amides is 1. The number of aromatic hydroxyl groups is 1. The van der Waals surface area contributed by atoms with Crippen LogP contribution in [0, 0.1) is 11.8 Å². The van der Waals surface area contributed by atoms with E-state index in [1.807, 2.05) is 20.8 Å². The number of phenolic OH excluding ortho intramolecular Hbond substituents is 1. The molecule has 0 spiro atoms. The smallest absolute Gasteiger partial charge is 0.326 e. The lowest BCUT2D eigenvalue weighted by molar-refractivity contribution is -0.142. The maximum atomic E-state index is 13.0. The molecule has 206 valence electrons. The number of phenols is 1. The first-order valence-electron chi connectivity index (χ1n) is 12.2. The van der Waals surface area contributed by atoms with Crippen LogP contribution in [0.4, 0.5) is 0 Å². The van der Waals surface area contributed by atoms with Gasteiger partial charge in [0.2, 0.25) is 23.6 Å². The summed E-state index contributed by atoms with van der Waals surface area (Å²) in [5, 5.41) is 26.4. The molecule has 12 heteroatoms. The number of carboxylic acids is 1. The molecule has 0 saturated heterocycles. The van der Waals surface area contributed by atoms with Gasteiger partial charge in [-0.2, -0.15) is 0 Å². The van der Waals surface area contributed by atoms with E-state index in [1.165, 1.54) is 24.3 Å². The molecule has 0 heterocycles. The average Bonchev–Trinajstić information content (AvgIpc) is 2.82. The minimum Gasteiger partial charge on any atom is -0.508 e. The van der Waals surface area contributed by atoms with Crippen molar-refractivity contribution in [1.82, 2.24) is 16.0 Å². The van der Waals surface area contributed by atoms with Crippen molar-refractivity contribution in [1.29, 1.82) is 0 Å². The quantitative estimate of drug-likeness (QED) is 0.163. The van der Waals surface area contributed by atoms with E-state index in [0.29, 0.717) is 12.0 Å². The molecular formula is C25H39N5O7. The maximum absolute atomic E-state index is 13.0. The van der Waals surface area contributed by atoms with Crippen molar-refractivity contribution in [3.05, 3.63) is 29.8 Å². The zero-order chi connectivity index (χ0) is 28.3. The highest BCUT2D eigenvalue weighted by Gasteiger charge is 2.32. The highest BCUT2D eigenvalue weighted by molar-refractivity contribution is 5.96. The summed E-state index contributed by atoms with van der Waals surface area (Å²) < 4.78 is 0. The molecule has 0 aliphatic heterocycles. The molecule has 0 aliphatic carbocycles. The Bertz CT molecular complexity index is 951. The first kappa shape index (κ1) is 31.4. The van der Waals surface area contributed by atoms with E-state index in [4.69, 9.17) is 11.5 Å². The van der Waals surface area contributed by atoms with Crippen molar-refractivity contribution in [2.24, 2.45) is 23.3 Å². The molecule has 1 aromatic rings. The first-order valence-corrected chi connectivity index (χ1v) is 12.2. The minimum atomic E-state index is -1.37. The van der Waals surface area contributed by atoms with Crippen molar-refractivity contribution in [2.45, 2.75) is 77.5 Å². The summed E-state index contributed by atoms with van der Waals surface area (Å²) in [4.78, 5) is 62.0. The monoisotopic (exact) mass is 521 g/mol. The topological polar surface area (TPSA) is 214 Å². The Morgan fingerprint density at radius 3 is 1.86 bits per heavy atom. The molecule has 12 nitrogen and oxygen atoms in total. The van der Waals surface area contributed by atoms with Crippen LogP contribution in [-0.2, 0) is 30.4 Å². The van der Waals surface area contributed by atoms with E-state index >= 15 is 0 Å². The van der Waals surface area contributed by atoms with Gasteiger partial charge in [0.15, 0.2) is 0 Å². The van der Waals surface area contributed by atoms with Crippen LogP contribution in [0.15, 0.2) is 24.3 Å². The van der Waals surface area contributed by atoms with Gasteiger partial charge in [0.05, 0.1) is 12.5 Å². The van der Waals surface area contributed by atoms with Gasteiger partial charge < -0.3 is 37.6 Å². The SMILES string of the molecule is CCC(C)C(N)C(=O)NC(CC(N)=O)C(=O)NC(CC(C)C)C(=O)NC(Cc1ccc(O)cc1)C(=O)O. The van der Waals surface area contributed by atoms with Crippen molar-refractivity contribution in [3.63, 3.8) is 0 Å². The zero-order valence-corrected chi connectivity index (χ0v) is 21.7. The molecule has 1 rings (SSSR count). The van der Waals surface area contributed by atoms with Gasteiger partial charge in [-0.05, 0) is 36.0 Å². The third kappa shape index (κ3) is 10.9. The fourth-order valence-corrected chi connectivity index (χ4v) is 3.51. The third-order valence-corrected chi connectivity index (χ3v) is 5.93. The van der Waals surface area contributed by atoms with Gasteiger partial charge in [0, 0.05) is 6.42 Å². The van der Waals surface area contributed by atoms with Gasteiger partial charge >= 0.3 is 5.97 Å². The Kier molecular flexibility index (Phi) is 12.5. The molecule has 1 aromatic carbocycles. The second kappa shape index (κ2) is 14.8. The predicted octanol–water partition coefficient (Wildman–Crippen LogP) is -0.231. The highest BCUT2D eigenvalue weighted by Crippen LogP contribution is 2.13. The van der Waals surface area contributed by atoms with Gasteiger partial charge in [0.1, 0.15) is 23.9 Å². The Balaban J connectivity index is 3.04. The lowest BCUT2D eigenvalue weighted by Crippen LogP contribution is -2.58. The molecular weight excluding hydrogens is 482 g/mol. The van der Waals surface area contributed by atoms with E-state index in [9.17, 15) is 34.2 Å². The molecule has 9 N–H and O–H groups in total. The maximum Gasteiger partial charge on any atom is 0.326 e. The second-order valence-electron chi connectivity index (χ2n) is 9.60. The molecule has 0 saturated carbocycles. The van der Waals surface area contributed by atoms with E-state index in [-0.39, 0.29) is 30.4 Å². The first-order chi connectivity index (χ1) is 17.2. The number of nitrogens with one attached hydrogen (secondary N) is 3. The van der Waals surface area contributed by atoms with Crippen LogP contribution >= 0.6 is 0 Å². The summed E-state index contributed by atoms with van der Waals surface area (Å²) in [6.45, 7) is 7.25. The number of carboxylic acid groups (broad SMARTS) is 1. The Hall–Kier alpha value is -3.67. The molecule has 0 radical (unpaired) electrons. The van der Waals surface area contributed by atoms with Gasteiger partial charge in [-0.15, -0.1) is 0 Å². The number of hydrogen-bond donors (Lipinski definition) is 7. The zero-order valence-electron chi connectivity index (χ0n) is 21.7. The molecule has 0 fully saturated rings. The number of hydrogen-bond acceptors (Lipinski definition) is 7. The highest BCUT2D eigenvalue weighted by atomic mass is 16.4. The summed E-state index contributed by atoms with van der Waals surface area (Å²) >= 11 is 0. The van der Waals surface area contributed by atoms with Gasteiger partial charge in [-0.1, -0.05) is 46.2 Å². The molecule has 4 amide bonds. The van der Waals surface area contributed by atoms with Crippen LogP contribution in [0.1, 0.15) is 52.5 Å². The third-order valence-electron chi connectivity index (χ3n) is 5.93. The summed E-state index contributed by atoms with van der Waals surface area (Å²) in [6, 6.07) is 1.13. The van der Waals surface area contributed by atoms with Crippen LogP contribution in [0.3, 0.4) is 0 Å². The minimum absolute atomic E-state index is 0.0158. The van der Waals surface area contributed by atoms with Crippen molar-refractivity contribution in [2.75, 3.05) is 0 Å². The number of amides is 4. The molecule has 37 heavy (non-hydrogen) atoms. The van der Waals surface area contributed by atoms with Gasteiger partial charge in [0.25, 0.3) is 0 Å². The fourth-order valence-electron chi connectivity index (χ4n) is 3.51. The standard InChI is InChI=1S/C25H39N5O7/c1-5-14(4)21(27)24(35)29-18(12-20(26)32)23(34)28-17(10-13(2)3)22(33)30-19(25(36)37)11-15-6-8-16(31)9-7-15/h6-9,13-14,17-19,21,31H,5,10-12,27H2,1-4H3,(H2,26,32)(H,28,34)(H,29,35)(H,30,33)(H,36,37). The predicted molar refractivity (Wildman–Crippen MR) is 136 cm³/mol. The summed E-state index contributed by atoms with van der Waals surface area (Å²) in [5.41, 5.74) is 11.8. The second-order valence-corrected chi connectivity index (χ2v) is 9.60. The summed E-state index contributed by atoms with van der Waals surface area (Å²) in [5.74, 6) is -4.57. The average molecular weight is 522 g/mol. The lowest BCUT2D eigenvalue weighted by atomic mass is 9.98. The Morgan fingerprint density at radius 1 is 0.865 bits per heavy atom. The van der Waals surface area contributed by atoms with Crippen LogP contribution in [0.2, 0.25) is 0 Å². The largest absolute Gasteiger partial charge is 0.508 e. The molecule has 0 aromatic heterocycles. The number of benzene rings is 1. The van der Waals surface area contributed by atoms with Crippen molar-refractivity contribution in [3.8, 4) is 5.75 Å². The van der Waals surface area contributed by atoms with Crippen molar-refractivity contribution >= 4 is 29.6 Å². The number of carbonyl (C=O) groups is 5. The Morgan fingerprint density at radius 2 is 1.38 bits per heavy atom. The van der Waals surface area contributed by atoms with Crippen LogP contribution in [0.25, 0.3) is 0 Å². The van der Waals surface area contributed by atoms with Crippen LogP contribution < -0.4 is 27.4 Å². The number of rotatable bonds is 15. The number of carbonyl (C=O) groups excluding carboxylic acids is 4. The normalized spacial score (nSPS) is 15.1. The summed E-state index contributed by atoms with van der Waals surface area (Å²) in [6.07, 6.45) is 0.205. The molecule has 0 bridgehead atoms. The van der Waals surface area contributed by atoms with Crippen molar-refractivity contribution < 1.29 is 34.2 Å². The molecule has 0 aliphatic rings. The number of nitrogens with two attached hydrogens (primary N) is 2.